The smallest absolute Gasteiger partial charge is 0.0540 e. The van der Waals surface area contributed by atoms with E-state index < -0.39 is 0 Å². The molecule has 2 nitrogen and oxygen atoms in total. The molecular formula is C68H48N2S2. The van der Waals surface area contributed by atoms with Crippen LogP contribution in [0.5, 0.6) is 0 Å². The Morgan fingerprint density at radius 1 is 0.292 bits per heavy atom. The third kappa shape index (κ3) is 6.60. The average Bonchev–Trinajstić information content (AvgIpc) is 4.00. The number of nitrogens with zero attached hydrogens (tertiary/aromatic N) is 2. The summed E-state index contributed by atoms with van der Waals surface area (Å²) in [7, 11) is 0. The summed E-state index contributed by atoms with van der Waals surface area (Å²) < 4.78 is 5.31. The Balaban J connectivity index is 0.933. The fraction of sp³-hybridized carbons (Fsp3) is 0.0588. The summed E-state index contributed by atoms with van der Waals surface area (Å²) in [5, 5.41) is 12.8. The van der Waals surface area contributed by atoms with E-state index in [9.17, 15) is 0 Å². The lowest BCUT2D eigenvalue weighted by molar-refractivity contribution is 1.23. The van der Waals surface area contributed by atoms with Crippen LogP contribution in [0.25, 0.3) is 94.9 Å². The van der Waals surface area contributed by atoms with Gasteiger partial charge in [-0.25, -0.2) is 0 Å². The van der Waals surface area contributed by atoms with Crippen molar-refractivity contribution in [2.45, 2.75) is 27.7 Å². The van der Waals surface area contributed by atoms with E-state index in [1.165, 1.54) is 129 Å². The lowest BCUT2D eigenvalue weighted by Gasteiger charge is -2.32. The lowest BCUT2D eigenvalue weighted by atomic mass is 9.91. The zero-order valence-corrected chi connectivity index (χ0v) is 42.1. The number of fused-ring (bicyclic) bond motifs is 6. The van der Waals surface area contributed by atoms with Crippen molar-refractivity contribution in [1.29, 1.82) is 0 Å². The molecule has 0 fully saturated rings. The Kier molecular flexibility index (Phi) is 9.86. The zero-order valence-electron chi connectivity index (χ0n) is 40.5. The van der Waals surface area contributed by atoms with Crippen LogP contribution in [0.4, 0.5) is 34.1 Å². The number of anilines is 6. The molecule has 0 amide bonds. The molecule has 0 radical (unpaired) electrons. The van der Waals surface area contributed by atoms with Crippen LogP contribution >= 0.6 is 22.7 Å². The highest BCUT2D eigenvalue weighted by atomic mass is 32.1. The molecule has 0 saturated heterocycles. The Bertz CT molecular complexity index is 4120. The first-order valence-corrected chi connectivity index (χ1v) is 26.5. The van der Waals surface area contributed by atoms with E-state index in [2.05, 4.69) is 256 Å². The Labute approximate surface area is 427 Å². The molecule has 0 aliphatic carbocycles. The summed E-state index contributed by atoms with van der Waals surface area (Å²) in [6.45, 7) is 8.97. The van der Waals surface area contributed by atoms with Crippen LogP contribution in [-0.2, 0) is 0 Å². The quantitative estimate of drug-likeness (QED) is 0.140. The first-order valence-electron chi connectivity index (χ1n) is 24.8. The van der Waals surface area contributed by atoms with Gasteiger partial charge in [-0.3, -0.25) is 0 Å². The van der Waals surface area contributed by atoms with Crippen LogP contribution in [0.2, 0.25) is 0 Å². The monoisotopic (exact) mass is 956 g/mol. The molecule has 0 spiro atoms. The molecule has 342 valence electrons. The second-order valence-corrected chi connectivity index (χ2v) is 21.5. The van der Waals surface area contributed by atoms with Crippen LogP contribution < -0.4 is 9.80 Å². The predicted octanol–water partition coefficient (Wildman–Crippen LogP) is 20.8. The fourth-order valence-corrected chi connectivity index (χ4v) is 14.3. The van der Waals surface area contributed by atoms with Gasteiger partial charge in [0.2, 0.25) is 0 Å². The summed E-state index contributed by atoms with van der Waals surface area (Å²) in [6.07, 6.45) is 0. The van der Waals surface area contributed by atoms with Crippen molar-refractivity contribution in [3.05, 3.63) is 241 Å². The highest BCUT2D eigenvalue weighted by molar-refractivity contribution is 7.26. The average molecular weight is 957 g/mol. The van der Waals surface area contributed by atoms with Gasteiger partial charge in [-0.2, -0.15) is 0 Å². The lowest BCUT2D eigenvalue weighted by Crippen LogP contribution is -2.14. The van der Waals surface area contributed by atoms with Crippen molar-refractivity contribution >= 4 is 129 Å². The van der Waals surface area contributed by atoms with Crippen LogP contribution in [0.3, 0.4) is 0 Å². The fourth-order valence-electron chi connectivity index (χ4n) is 11.8. The van der Waals surface area contributed by atoms with E-state index >= 15 is 0 Å². The normalized spacial score (nSPS) is 11.9. The minimum Gasteiger partial charge on any atom is -0.309 e. The highest BCUT2D eigenvalue weighted by Gasteiger charge is 2.25. The van der Waals surface area contributed by atoms with Gasteiger partial charge in [0.25, 0.3) is 0 Å². The Morgan fingerprint density at radius 3 is 1.07 bits per heavy atom. The van der Waals surface area contributed by atoms with Crippen molar-refractivity contribution in [3.63, 3.8) is 0 Å². The molecule has 0 aliphatic rings. The van der Waals surface area contributed by atoms with Crippen LogP contribution in [0.1, 0.15) is 22.3 Å². The van der Waals surface area contributed by atoms with Crippen molar-refractivity contribution in [1.82, 2.24) is 0 Å². The molecule has 0 atom stereocenters. The molecule has 12 aromatic carbocycles. The first kappa shape index (κ1) is 42.6. The van der Waals surface area contributed by atoms with E-state index in [0.717, 1.165) is 22.7 Å². The number of thiophene rings is 2. The Morgan fingerprint density at radius 2 is 0.653 bits per heavy atom. The van der Waals surface area contributed by atoms with Gasteiger partial charge in [0.05, 0.1) is 22.7 Å². The van der Waals surface area contributed by atoms with Crippen LogP contribution in [-0.4, -0.2) is 0 Å². The molecule has 0 bridgehead atoms. The van der Waals surface area contributed by atoms with E-state index in [1.807, 2.05) is 22.7 Å². The molecule has 72 heavy (non-hydrogen) atoms. The SMILES string of the molecule is Cc1cccc(C)c1N(c1ccc(-c2cccc3c2sc2ccccc23)cc1)c1ccc2ccc3c(N(c4ccc(-c5cccc6c5sc5ccccc56)cc4)c4c(C)cccc4C)ccc4ccc1c2c43. The van der Waals surface area contributed by atoms with Gasteiger partial charge in [0, 0.05) is 62.5 Å². The topological polar surface area (TPSA) is 6.48 Å². The van der Waals surface area contributed by atoms with Crippen molar-refractivity contribution in [2.75, 3.05) is 9.80 Å². The number of benzene rings is 12. The summed E-state index contributed by atoms with van der Waals surface area (Å²) in [5.74, 6) is 0. The minimum atomic E-state index is 1.13. The molecule has 4 heteroatoms. The second kappa shape index (κ2) is 16.7. The van der Waals surface area contributed by atoms with Gasteiger partial charge in [-0.1, -0.05) is 170 Å². The number of hydrogen-bond acceptors (Lipinski definition) is 4. The maximum Gasteiger partial charge on any atom is 0.0540 e. The molecule has 0 N–H and O–H groups in total. The van der Waals surface area contributed by atoms with Crippen LogP contribution in [0, 0.1) is 27.7 Å². The molecular weight excluding hydrogens is 909 g/mol. The van der Waals surface area contributed by atoms with E-state index in [4.69, 9.17) is 0 Å². The molecule has 2 aromatic heterocycles. The van der Waals surface area contributed by atoms with Gasteiger partial charge >= 0.3 is 0 Å². The number of rotatable bonds is 8. The highest BCUT2D eigenvalue weighted by Crippen LogP contribution is 2.50. The third-order valence-electron chi connectivity index (χ3n) is 15.1. The van der Waals surface area contributed by atoms with Gasteiger partial charge in [-0.05, 0) is 142 Å². The number of aryl methyl sites for hydroxylation is 4. The van der Waals surface area contributed by atoms with E-state index in [-0.39, 0.29) is 0 Å². The summed E-state index contributed by atoms with van der Waals surface area (Å²) in [6, 6.07) is 81.6. The predicted molar refractivity (Wildman–Crippen MR) is 315 cm³/mol. The van der Waals surface area contributed by atoms with Gasteiger partial charge in [0.15, 0.2) is 0 Å². The number of para-hydroxylation sites is 2. The zero-order chi connectivity index (χ0) is 48.2. The molecule has 14 aromatic rings. The molecule has 0 aliphatic heterocycles. The van der Waals surface area contributed by atoms with Gasteiger partial charge in [-0.15, -0.1) is 22.7 Å². The Hall–Kier alpha value is -8.28. The maximum absolute atomic E-state index is 2.51. The summed E-state index contributed by atoms with van der Waals surface area (Å²) in [5.41, 5.74) is 16.9. The number of hydrogen-bond donors (Lipinski definition) is 0. The largest absolute Gasteiger partial charge is 0.309 e. The third-order valence-corrected chi connectivity index (χ3v) is 17.5. The molecule has 14 rings (SSSR count). The molecule has 0 saturated carbocycles. The van der Waals surface area contributed by atoms with Gasteiger partial charge < -0.3 is 9.80 Å². The van der Waals surface area contributed by atoms with E-state index in [0.29, 0.717) is 0 Å². The summed E-state index contributed by atoms with van der Waals surface area (Å²) >= 11 is 3.77. The van der Waals surface area contributed by atoms with Gasteiger partial charge in [0.1, 0.15) is 0 Å². The van der Waals surface area contributed by atoms with Crippen molar-refractivity contribution in [3.8, 4) is 22.3 Å². The van der Waals surface area contributed by atoms with Crippen molar-refractivity contribution < 1.29 is 0 Å². The first-order chi connectivity index (χ1) is 35.4. The minimum absolute atomic E-state index is 1.13. The van der Waals surface area contributed by atoms with E-state index in [1.54, 1.807) is 0 Å². The van der Waals surface area contributed by atoms with Crippen molar-refractivity contribution in [2.24, 2.45) is 0 Å². The molecule has 0 unspecified atom stereocenters. The molecule has 2 heterocycles. The maximum atomic E-state index is 2.51. The second-order valence-electron chi connectivity index (χ2n) is 19.4. The summed E-state index contributed by atoms with van der Waals surface area (Å²) in [4.78, 5) is 5.01. The van der Waals surface area contributed by atoms with Crippen LogP contribution in [0.15, 0.2) is 218 Å². The standard InChI is InChI=1S/C68H48N2S2/c1-41-13-9-14-42(2)65(41)69(49-33-25-45(26-34-49)51-19-11-21-55-53-17-5-7-23-61(53)71-67(51)55)59-39-31-47-30-38-58-60(40-32-48-29-37-57(59)63(47)64(48)58)70(66-43(3)15-10-16-44(66)4)50-35-27-46(28-36-50)52-20-12-22-56-54-18-6-8-24-62(54)72-68(52)56/h5-40H,1-4H3.